The zero-order valence-electron chi connectivity index (χ0n) is 11.8. The summed E-state index contributed by atoms with van der Waals surface area (Å²) in [6, 6.07) is 9.98. The molecule has 0 aliphatic carbocycles. The van der Waals surface area contributed by atoms with E-state index in [2.05, 4.69) is 4.72 Å². The Morgan fingerprint density at radius 1 is 1.13 bits per heavy atom. The van der Waals surface area contributed by atoms with Gasteiger partial charge in [0.2, 0.25) is 0 Å². The third-order valence-corrected chi connectivity index (χ3v) is 4.51. The van der Waals surface area contributed by atoms with Crippen LogP contribution >= 0.6 is 0 Å². The maximum absolute atomic E-state index is 13.0. The summed E-state index contributed by atoms with van der Waals surface area (Å²) in [4.78, 5) is -0.851. The van der Waals surface area contributed by atoms with Gasteiger partial charge in [-0.1, -0.05) is 12.1 Å². The molecule has 23 heavy (non-hydrogen) atoms. The minimum atomic E-state index is -4.79. The number of nitrogens with one attached hydrogen (secondary N) is 1. The second-order valence-electron chi connectivity index (χ2n) is 4.74. The topological polar surface area (TPSA) is 70.0 Å². The standard InChI is InChI=1S/C15H11F3N2O2S/c1-10-8-11(9-19)6-7-13(10)20-23(21,22)14-5-3-2-4-12(14)15(16,17)18/h2-8,20H,1H3. The van der Waals surface area contributed by atoms with Crippen LogP contribution in [0.5, 0.6) is 0 Å². The predicted octanol–water partition coefficient (Wildman–Crippen LogP) is 3.69. The smallest absolute Gasteiger partial charge is 0.279 e. The number of alkyl halides is 3. The molecule has 1 N–H and O–H groups in total. The molecule has 0 radical (unpaired) electrons. The van der Waals surface area contributed by atoms with Crippen LogP contribution in [0.3, 0.4) is 0 Å². The molecule has 0 atom stereocenters. The highest BCUT2D eigenvalue weighted by molar-refractivity contribution is 7.92. The third-order valence-electron chi connectivity index (χ3n) is 3.08. The number of anilines is 1. The maximum Gasteiger partial charge on any atom is 0.417 e. The first-order valence-electron chi connectivity index (χ1n) is 6.35. The Balaban J connectivity index is 2.47. The Kier molecular flexibility index (Phi) is 4.34. The molecule has 0 bridgehead atoms. The number of halogens is 3. The van der Waals surface area contributed by atoms with E-state index >= 15 is 0 Å². The second kappa shape index (κ2) is 5.93. The second-order valence-corrected chi connectivity index (χ2v) is 6.39. The number of hydrogen-bond acceptors (Lipinski definition) is 3. The van der Waals surface area contributed by atoms with E-state index in [1.165, 1.54) is 24.3 Å². The van der Waals surface area contributed by atoms with Gasteiger partial charge < -0.3 is 0 Å². The fraction of sp³-hybridized carbons (Fsp3) is 0.133. The predicted molar refractivity (Wildman–Crippen MR) is 78.1 cm³/mol. The van der Waals surface area contributed by atoms with Gasteiger partial charge in [-0.25, -0.2) is 8.42 Å². The molecule has 0 amide bonds. The van der Waals surface area contributed by atoms with Crippen molar-refractivity contribution in [3.8, 4) is 6.07 Å². The highest BCUT2D eigenvalue weighted by Crippen LogP contribution is 2.34. The first-order valence-corrected chi connectivity index (χ1v) is 7.83. The van der Waals surface area contributed by atoms with E-state index in [9.17, 15) is 21.6 Å². The van der Waals surface area contributed by atoms with Crippen LogP contribution in [0.4, 0.5) is 18.9 Å². The molecule has 0 unspecified atom stereocenters. The molecule has 0 aromatic heterocycles. The van der Waals surface area contributed by atoms with Crippen LogP contribution < -0.4 is 4.72 Å². The van der Waals surface area contributed by atoms with Gasteiger partial charge in [-0.05, 0) is 42.8 Å². The minimum Gasteiger partial charge on any atom is -0.279 e. The van der Waals surface area contributed by atoms with E-state index in [1.54, 1.807) is 6.92 Å². The van der Waals surface area contributed by atoms with Crippen molar-refractivity contribution >= 4 is 15.7 Å². The maximum atomic E-state index is 13.0. The molecule has 4 nitrogen and oxygen atoms in total. The van der Waals surface area contributed by atoms with Crippen molar-refractivity contribution in [2.45, 2.75) is 18.0 Å². The van der Waals surface area contributed by atoms with Crippen LogP contribution in [0.1, 0.15) is 16.7 Å². The highest BCUT2D eigenvalue weighted by atomic mass is 32.2. The monoisotopic (exact) mass is 340 g/mol. The number of benzene rings is 2. The van der Waals surface area contributed by atoms with Crippen LogP contribution in [0.15, 0.2) is 47.4 Å². The number of sulfonamides is 1. The summed E-state index contributed by atoms with van der Waals surface area (Å²) in [5.74, 6) is 0. The summed E-state index contributed by atoms with van der Waals surface area (Å²) in [5, 5.41) is 8.78. The van der Waals surface area contributed by atoms with Crippen LogP contribution in [0, 0.1) is 18.3 Å². The number of hydrogen-bond donors (Lipinski definition) is 1. The van der Waals surface area contributed by atoms with Crippen LogP contribution in [0.2, 0.25) is 0 Å². The van der Waals surface area contributed by atoms with Gasteiger partial charge in [0.25, 0.3) is 10.0 Å². The molecule has 0 spiro atoms. The van der Waals surface area contributed by atoms with Crippen molar-refractivity contribution in [3.05, 3.63) is 59.2 Å². The fourth-order valence-electron chi connectivity index (χ4n) is 1.98. The molecular weight excluding hydrogens is 329 g/mol. The van der Waals surface area contributed by atoms with E-state index in [0.717, 1.165) is 12.1 Å². The lowest BCUT2D eigenvalue weighted by molar-refractivity contribution is -0.139. The quantitative estimate of drug-likeness (QED) is 0.926. The largest absolute Gasteiger partial charge is 0.417 e. The number of rotatable bonds is 3. The summed E-state index contributed by atoms with van der Waals surface area (Å²) in [7, 11) is -4.42. The lowest BCUT2D eigenvalue weighted by Gasteiger charge is -2.15. The molecule has 0 aliphatic heterocycles. The lowest BCUT2D eigenvalue weighted by atomic mass is 10.1. The van der Waals surface area contributed by atoms with Crippen LogP contribution in [-0.2, 0) is 16.2 Å². The van der Waals surface area contributed by atoms with Gasteiger partial charge in [0.15, 0.2) is 0 Å². The van der Waals surface area contributed by atoms with E-state index in [0.29, 0.717) is 17.2 Å². The van der Waals surface area contributed by atoms with E-state index in [-0.39, 0.29) is 5.69 Å². The van der Waals surface area contributed by atoms with Gasteiger partial charge in [0.1, 0.15) is 0 Å². The van der Waals surface area contributed by atoms with Gasteiger partial charge in [-0.15, -0.1) is 0 Å². The molecule has 0 aliphatic rings. The Hall–Kier alpha value is -2.53. The Labute approximate surface area is 131 Å². The van der Waals surface area contributed by atoms with E-state index in [1.807, 2.05) is 6.07 Å². The van der Waals surface area contributed by atoms with Crippen molar-refractivity contribution in [1.82, 2.24) is 0 Å². The Bertz CT molecular complexity index is 884. The average molecular weight is 340 g/mol. The summed E-state index contributed by atoms with van der Waals surface area (Å²) in [6.45, 7) is 1.55. The lowest BCUT2D eigenvalue weighted by Crippen LogP contribution is -2.19. The third kappa shape index (κ3) is 3.63. The van der Waals surface area contributed by atoms with Crippen LogP contribution in [-0.4, -0.2) is 8.42 Å². The molecule has 0 saturated carbocycles. The molecule has 0 heterocycles. The highest BCUT2D eigenvalue weighted by Gasteiger charge is 2.36. The molecule has 0 saturated heterocycles. The SMILES string of the molecule is Cc1cc(C#N)ccc1NS(=O)(=O)c1ccccc1C(F)(F)F. The van der Waals surface area contributed by atoms with Crippen LogP contribution in [0.25, 0.3) is 0 Å². The first-order chi connectivity index (χ1) is 10.6. The van der Waals surface area contributed by atoms with Gasteiger partial charge in [-0.3, -0.25) is 4.72 Å². The number of aryl methyl sites for hydroxylation is 1. The molecule has 0 fully saturated rings. The molecule has 8 heteroatoms. The van der Waals surface area contributed by atoms with Crippen molar-refractivity contribution < 1.29 is 21.6 Å². The number of nitriles is 1. The van der Waals surface area contributed by atoms with Crippen molar-refractivity contribution in [3.63, 3.8) is 0 Å². The minimum absolute atomic E-state index is 0.112. The summed E-state index contributed by atoms with van der Waals surface area (Å²) in [6.07, 6.45) is -4.79. The van der Waals surface area contributed by atoms with Crippen molar-refractivity contribution in [2.24, 2.45) is 0 Å². The van der Waals surface area contributed by atoms with Gasteiger partial charge in [0, 0.05) is 0 Å². The van der Waals surface area contributed by atoms with E-state index < -0.39 is 26.7 Å². The summed E-state index contributed by atoms with van der Waals surface area (Å²) >= 11 is 0. The fourth-order valence-corrected chi connectivity index (χ4v) is 3.34. The molecule has 2 aromatic rings. The average Bonchev–Trinajstić information content (AvgIpc) is 2.48. The molecule has 2 rings (SSSR count). The zero-order chi connectivity index (χ0) is 17.3. The van der Waals surface area contributed by atoms with Gasteiger partial charge in [-0.2, -0.15) is 18.4 Å². The number of nitrogens with zero attached hydrogens (tertiary/aromatic N) is 1. The van der Waals surface area contributed by atoms with E-state index in [4.69, 9.17) is 5.26 Å². The van der Waals surface area contributed by atoms with Crippen molar-refractivity contribution in [2.75, 3.05) is 4.72 Å². The van der Waals surface area contributed by atoms with Gasteiger partial charge >= 0.3 is 6.18 Å². The summed E-state index contributed by atoms with van der Waals surface area (Å²) < 4.78 is 65.6. The molecule has 2 aromatic carbocycles. The Morgan fingerprint density at radius 2 is 1.78 bits per heavy atom. The molecule has 120 valence electrons. The summed E-state index contributed by atoms with van der Waals surface area (Å²) in [5.41, 5.74) is -0.377. The van der Waals surface area contributed by atoms with Crippen molar-refractivity contribution in [1.29, 1.82) is 5.26 Å². The normalized spacial score (nSPS) is 11.8. The van der Waals surface area contributed by atoms with Gasteiger partial charge in [0.05, 0.1) is 27.8 Å². The molecular formula is C15H11F3N2O2S. The Morgan fingerprint density at radius 3 is 2.35 bits per heavy atom. The first kappa shape index (κ1) is 16.8. The zero-order valence-corrected chi connectivity index (χ0v) is 12.7.